The van der Waals surface area contributed by atoms with Gasteiger partial charge in [-0.15, -0.1) is 11.3 Å². The molecule has 1 unspecified atom stereocenters. The Hall–Kier alpha value is -0.940. The van der Waals surface area contributed by atoms with Gasteiger partial charge in [-0.2, -0.15) is 0 Å². The van der Waals surface area contributed by atoms with Gasteiger partial charge in [0.25, 0.3) is 0 Å². The van der Waals surface area contributed by atoms with Crippen LogP contribution in [0.25, 0.3) is 0 Å². The van der Waals surface area contributed by atoms with Crippen LogP contribution in [0.2, 0.25) is 0 Å². The lowest BCUT2D eigenvalue weighted by Crippen LogP contribution is -2.12. The maximum atomic E-state index is 10.5. The van der Waals surface area contributed by atoms with E-state index in [1.165, 1.54) is 18.4 Å². The normalized spacial score (nSPS) is 12.8. The number of carboxylic acids is 1. The van der Waals surface area contributed by atoms with E-state index in [0.29, 0.717) is 5.01 Å². The topological polar surface area (TPSA) is 59.4 Å². The van der Waals surface area contributed by atoms with Crippen LogP contribution in [0.3, 0.4) is 0 Å². The van der Waals surface area contributed by atoms with Crippen molar-refractivity contribution < 1.29 is 14.6 Å². The molecule has 0 aliphatic rings. The van der Waals surface area contributed by atoms with Crippen LogP contribution >= 0.6 is 11.3 Å². The van der Waals surface area contributed by atoms with E-state index in [9.17, 15) is 4.79 Å². The second kappa shape index (κ2) is 3.45. The van der Waals surface area contributed by atoms with Crippen molar-refractivity contribution >= 4 is 17.3 Å². The Morgan fingerprint density at radius 3 is 3.00 bits per heavy atom. The van der Waals surface area contributed by atoms with E-state index in [2.05, 4.69) is 4.98 Å². The molecule has 0 fully saturated rings. The Morgan fingerprint density at radius 2 is 2.64 bits per heavy atom. The number of methoxy groups -OCH3 is 1. The number of carbonyl (C=O) groups is 1. The van der Waals surface area contributed by atoms with E-state index < -0.39 is 12.1 Å². The minimum atomic E-state index is -1.01. The van der Waals surface area contributed by atoms with Crippen molar-refractivity contribution in [2.75, 3.05) is 7.11 Å². The van der Waals surface area contributed by atoms with Gasteiger partial charge >= 0.3 is 5.97 Å². The molecular weight excluding hydrogens is 166 g/mol. The predicted molar refractivity (Wildman–Crippen MR) is 39.5 cm³/mol. The first-order valence-corrected chi connectivity index (χ1v) is 3.78. The van der Waals surface area contributed by atoms with Gasteiger partial charge in [-0.3, -0.25) is 0 Å². The third-order valence-electron chi connectivity index (χ3n) is 1.14. The standard InChI is InChI=1S/C6H7NO3S/c1-10-4(6(8)9)5-7-2-3-11-5/h2-4H,1H3,(H,8,9). The lowest BCUT2D eigenvalue weighted by atomic mass is 10.4. The van der Waals surface area contributed by atoms with E-state index >= 15 is 0 Å². The fourth-order valence-corrected chi connectivity index (χ4v) is 1.37. The van der Waals surface area contributed by atoms with Gasteiger partial charge < -0.3 is 9.84 Å². The van der Waals surface area contributed by atoms with Gasteiger partial charge in [0.1, 0.15) is 5.01 Å². The van der Waals surface area contributed by atoms with Crippen LogP contribution in [0, 0.1) is 0 Å². The molecule has 0 spiro atoms. The van der Waals surface area contributed by atoms with Crippen molar-refractivity contribution in [1.82, 2.24) is 4.98 Å². The largest absolute Gasteiger partial charge is 0.479 e. The molecule has 0 saturated heterocycles. The minimum absolute atomic E-state index is 0.472. The fourth-order valence-electron chi connectivity index (χ4n) is 0.671. The maximum Gasteiger partial charge on any atom is 0.340 e. The molecule has 1 N–H and O–H groups in total. The molecule has 0 aliphatic carbocycles. The summed E-state index contributed by atoms with van der Waals surface area (Å²) in [6.07, 6.45) is 0.629. The van der Waals surface area contributed by atoms with Crippen molar-refractivity contribution in [2.45, 2.75) is 6.10 Å². The van der Waals surface area contributed by atoms with Crippen LogP contribution < -0.4 is 0 Å². The van der Waals surface area contributed by atoms with Gasteiger partial charge in [0.2, 0.25) is 6.10 Å². The number of nitrogens with zero attached hydrogens (tertiary/aromatic N) is 1. The van der Waals surface area contributed by atoms with E-state index in [1.54, 1.807) is 11.6 Å². The van der Waals surface area contributed by atoms with Crippen LogP contribution in [-0.2, 0) is 9.53 Å². The van der Waals surface area contributed by atoms with Crippen molar-refractivity contribution in [2.24, 2.45) is 0 Å². The van der Waals surface area contributed by atoms with E-state index in [-0.39, 0.29) is 0 Å². The Bertz CT molecular complexity index is 234. The van der Waals surface area contributed by atoms with E-state index in [1.807, 2.05) is 0 Å². The molecule has 0 radical (unpaired) electrons. The molecule has 4 nitrogen and oxygen atoms in total. The third-order valence-corrected chi connectivity index (χ3v) is 1.95. The summed E-state index contributed by atoms with van der Waals surface area (Å²) in [5.74, 6) is -1.01. The summed E-state index contributed by atoms with van der Waals surface area (Å²) >= 11 is 1.27. The van der Waals surface area contributed by atoms with Crippen molar-refractivity contribution in [3.05, 3.63) is 16.6 Å². The first-order valence-electron chi connectivity index (χ1n) is 2.90. The van der Waals surface area contributed by atoms with Crippen molar-refractivity contribution in [1.29, 1.82) is 0 Å². The van der Waals surface area contributed by atoms with Crippen LogP contribution in [0.5, 0.6) is 0 Å². The number of aromatic nitrogens is 1. The molecule has 1 rings (SSSR count). The van der Waals surface area contributed by atoms with Crippen LogP contribution in [-0.4, -0.2) is 23.2 Å². The molecule has 5 heteroatoms. The Kier molecular flexibility index (Phi) is 2.56. The zero-order valence-electron chi connectivity index (χ0n) is 5.85. The second-order valence-corrected chi connectivity index (χ2v) is 2.75. The van der Waals surface area contributed by atoms with Gasteiger partial charge in [0.15, 0.2) is 0 Å². The molecule has 0 aliphatic heterocycles. The molecule has 0 saturated carbocycles. The number of ether oxygens (including phenoxy) is 1. The van der Waals surface area contributed by atoms with Crippen molar-refractivity contribution in [3.8, 4) is 0 Å². The number of carboxylic acid groups (broad SMARTS) is 1. The van der Waals surface area contributed by atoms with E-state index in [0.717, 1.165) is 0 Å². The SMILES string of the molecule is COC(C(=O)O)c1nccs1. The summed E-state index contributed by atoms with van der Waals surface area (Å²) in [6.45, 7) is 0. The molecule has 0 aromatic carbocycles. The highest BCUT2D eigenvalue weighted by molar-refractivity contribution is 7.09. The van der Waals surface area contributed by atoms with Gasteiger partial charge in [0, 0.05) is 18.7 Å². The molecule has 1 heterocycles. The summed E-state index contributed by atoms with van der Waals surface area (Å²) in [4.78, 5) is 14.3. The maximum absolute atomic E-state index is 10.5. The Balaban J connectivity index is 2.79. The number of hydrogen-bond acceptors (Lipinski definition) is 4. The van der Waals surface area contributed by atoms with Gasteiger partial charge in [-0.1, -0.05) is 0 Å². The number of aliphatic carboxylic acids is 1. The Labute approximate surface area is 67.5 Å². The highest BCUT2D eigenvalue weighted by Gasteiger charge is 2.20. The first-order chi connectivity index (χ1) is 5.25. The highest BCUT2D eigenvalue weighted by Crippen LogP contribution is 2.18. The second-order valence-electron chi connectivity index (χ2n) is 1.82. The lowest BCUT2D eigenvalue weighted by Gasteiger charge is -2.04. The Morgan fingerprint density at radius 1 is 1.91 bits per heavy atom. The van der Waals surface area contributed by atoms with Gasteiger partial charge in [0.05, 0.1) is 0 Å². The summed E-state index contributed by atoms with van der Waals surface area (Å²) in [5, 5.41) is 10.8. The van der Waals surface area contributed by atoms with Crippen LogP contribution in [0.15, 0.2) is 11.6 Å². The van der Waals surface area contributed by atoms with Crippen LogP contribution in [0.1, 0.15) is 11.1 Å². The molecule has 0 amide bonds. The molecule has 1 atom stereocenters. The van der Waals surface area contributed by atoms with Crippen LogP contribution in [0.4, 0.5) is 0 Å². The monoisotopic (exact) mass is 173 g/mol. The zero-order valence-corrected chi connectivity index (χ0v) is 6.67. The first kappa shape index (κ1) is 8.16. The molecule has 0 bridgehead atoms. The smallest absolute Gasteiger partial charge is 0.340 e. The minimum Gasteiger partial charge on any atom is -0.479 e. The molecule has 60 valence electrons. The summed E-state index contributed by atoms with van der Waals surface area (Å²) in [5.41, 5.74) is 0. The third kappa shape index (κ3) is 1.75. The quantitative estimate of drug-likeness (QED) is 0.738. The van der Waals surface area contributed by atoms with E-state index in [4.69, 9.17) is 9.84 Å². The molecule has 1 aromatic rings. The molecule has 11 heavy (non-hydrogen) atoms. The number of thiazole rings is 1. The molecule has 1 aromatic heterocycles. The lowest BCUT2D eigenvalue weighted by molar-refractivity contribution is -0.148. The zero-order chi connectivity index (χ0) is 8.27. The summed E-state index contributed by atoms with van der Waals surface area (Å²) in [6, 6.07) is 0. The fraction of sp³-hybridized carbons (Fsp3) is 0.333. The number of rotatable bonds is 3. The highest BCUT2D eigenvalue weighted by atomic mass is 32.1. The average Bonchev–Trinajstić information content (AvgIpc) is 2.40. The van der Waals surface area contributed by atoms with Crippen molar-refractivity contribution in [3.63, 3.8) is 0 Å². The molecular formula is C6H7NO3S. The summed E-state index contributed by atoms with van der Waals surface area (Å²) in [7, 11) is 1.35. The predicted octanol–water partition coefficient (Wildman–Crippen LogP) is 0.915. The van der Waals surface area contributed by atoms with Gasteiger partial charge in [-0.05, 0) is 0 Å². The average molecular weight is 173 g/mol. The number of hydrogen-bond donors (Lipinski definition) is 1. The van der Waals surface area contributed by atoms with Gasteiger partial charge in [-0.25, -0.2) is 9.78 Å². The summed E-state index contributed by atoms with van der Waals surface area (Å²) < 4.78 is 4.70.